The molecular formula is C20H20F5N5O. The third-order valence-corrected chi connectivity index (χ3v) is 5.33. The van der Waals surface area contributed by atoms with Crippen LogP contribution in [0.5, 0.6) is 5.75 Å². The van der Waals surface area contributed by atoms with Crippen molar-refractivity contribution in [3.05, 3.63) is 42.4 Å². The van der Waals surface area contributed by atoms with Crippen molar-refractivity contribution < 1.29 is 26.7 Å². The average Bonchev–Trinajstić information content (AvgIpc) is 3.03. The number of fused-ring (bicyclic) bond motifs is 1. The quantitative estimate of drug-likeness (QED) is 0.534. The van der Waals surface area contributed by atoms with E-state index in [2.05, 4.69) is 9.97 Å². The maximum absolute atomic E-state index is 13.1. The molecule has 3 heterocycles. The molecule has 0 bridgehead atoms. The number of aryl methyl sites for hydroxylation is 1. The highest BCUT2D eigenvalue weighted by molar-refractivity contribution is 5.79. The van der Waals surface area contributed by atoms with Crippen LogP contribution in [-0.2, 0) is 7.05 Å². The normalized spacial score (nSPS) is 15.5. The minimum Gasteiger partial charge on any atom is -0.433 e. The van der Waals surface area contributed by atoms with Gasteiger partial charge in [0.1, 0.15) is 17.1 Å². The van der Waals surface area contributed by atoms with E-state index in [1.165, 1.54) is 11.0 Å². The Bertz CT molecular complexity index is 1080. The molecule has 0 spiro atoms. The molecule has 11 heteroatoms. The fraction of sp³-hybridized carbons (Fsp3) is 0.400. The Morgan fingerprint density at radius 2 is 1.94 bits per heavy atom. The molecule has 0 atom stereocenters. The Balaban J connectivity index is 1.59. The van der Waals surface area contributed by atoms with Crippen molar-refractivity contribution in [2.45, 2.75) is 18.7 Å². The van der Waals surface area contributed by atoms with Crippen molar-refractivity contribution in [2.24, 2.45) is 7.05 Å². The lowest BCUT2D eigenvalue weighted by Gasteiger charge is -2.40. The highest BCUT2D eigenvalue weighted by atomic mass is 19.4. The lowest BCUT2D eigenvalue weighted by atomic mass is 9.91. The highest BCUT2D eigenvalue weighted by Gasteiger charge is 2.37. The van der Waals surface area contributed by atoms with Crippen molar-refractivity contribution in [3.8, 4) is 5.75 Å². The number of alkyl halides is 5. The second-order valence-corrected chi connectivity index (χ2v) is 7.56. The lowest BCUT2D eigenvalue weighted by molar-refractivity contribution is -0.154. The largest absolute Gasteiger partial charge is 0.433 e. The molecular weight excluding hydrogens is 421 g/mol. The molecule has 1 aliphatic heterocycles. The first kappa shape index (κ1) is 21.3. The van der Waals surface area contributed by atoms with Gasteiger partial charge in [-0.05, 0) is 17.7 Å². The summed E-state index contributed by atoms with van der Waals surface area (Å²) in [6.07, 6.45) is -1.02. The van der Waals surface area contributed by atoms with Crippen molar-refractivity contribution >= 4 is 22.5 Å². The Morgan fingerprint density at radius 3 is 2.61 bits per heavy atom. The van der Waals surface area contributed by atoms with E-state index in [4.69, 9.17) is 4.74 Å². The van der Waals surface area contributed by atoms with Crippen molar-refractivity contribution in [1.29, 1.82) is 0 Å². The summed E-state index contributed by atoms with van der Waals surface area (Å²) in [4.78, 5) is 11.4. The second kappa shape index (κ2) is 7.95. The predicted octanol–water partition coefficient (Wildman–Crippen LogP) is 4.30. The molecule has 1 saturated heterocycles. The van der Waals surface area contributed by atoms with Crippen molar-refractivity contribution in [1.82, 2.24) is 19.4 Å². The van der Waals surface area contributed by atoms with Crippen LogP contribution in [0.3, 0.4) is 0 Å². The molecule has 0 amide bonds. The van der Waals surface area contributed by atoms with Gasteiger partial charge in [-0.1, -0.05) is 6.07 Å². The van der Waals surface area contributed by atoms with Gasteiger partial charge in [-0.25, -0.2) is 9.97 Å². The van der Waals surface area contributed by atoms with Crippen LogP contribution in [0.25, 0.3) is 11.0 Å². The van der Waals surface area contributed by atoms with Crippen LogP contribution in [0.2, 0.25) is 0 Å². The van der Waals surface area contributed by atoms with Crippen LogP contribution < -0.4 is 9.64 Å². The van der Waals surface area contributed by atoms with E-state index in [0.29, 0.717) is 22.6 Å². The summed E-state index contributed by atoms with van der Waals surface area (Å²) in [5.41, 5.74) is 2.54. The van der Waals surface area contributed by atoms with Gasteiger partial charge in [0.15, 0.2) is 0 Å². The number of benzene rings is 1. The van der Waals surface area contributed by atoms with Gasteiger partial charge in [0.05, 0.1) is 30.3 Å². The zero-order chi connectivity index (χ0) is 22.3. The first-order valence-electron chi connectivity index (χ1n) is 9.49. The first-order chi connectivity index (χ1) is 14.6. The number of nitrogens with zero attached hydrogens (tertiary/aromatic N) is 5. The topological polar surface area (TPSA) is 46.4 Å². The number of hydrogen-bond donors (Lipinski definition) is 0. The molecule has 1 aromatic carbocycles. The number of halogens is 5. The number of ether oxygens (including phenoxy) is 1. The third kappa shape index (κ3) is 4.55. The molecule has 31 heavy (non-hydrogen) atoms. The van der Waals surface area contributed by atoms with Crippen LogP contribution in [0.15, 0.2) is 36.8 Å². The number of pyridine rings is 1. The van der Waals surface area contributed by atoms with Gasteiger partial charge in [-0.2, -0.15) is 22.0 Å². The zero-order valence-corrected chi connectivity index (χ0v) is 16.8. The highest BCUT2D eigenvalue weighted by Crippen LogP contribution is 2.38. The minimum absolute atomic E-state index is 0.0591. The molecule has 6 nitrogen and oxygen atoms in total. The van der Waals surface area contributed by atoms with E-state index in [-0.39, 0.29) is 24.8 Å². The smallest absolute Gasteiger partial charge is 0.401 e. The predicted molar refractivity (Wildman–Crippen MR) is 105 cm³/mol. The van der Waals surface area contributed by atoms with Gasteiger partial charge in [0.25, 0.3) is 0 Å². The van der Waals surface area contributed by atoms with Crippen LogP contribution in [0, 0.1) is 0 Å². The van der Waals surface area contributed by atoms with E-state index in [0.717, 1.165) is 5.52 Å². The SMILES string of the molecule is CN(c1cc2c(cn1)ncn2C)c1ccc(C2CN(CC(F)(F)F)C2)cc1OC(F)F. The summed E-state index contributed by atoms with van der Waals surface area (Å²) >= 11 is 0. The van der Waals surface area contributed by atoms with E-state index in [9.17, 15) is 22.0 Å². The summed E-state index contributed by atoms with van der Waals surface area (Å²) in [5.74, 6) is 0.268. The molecule has 4 rings (SSSR count). The molecule has 0 saturated carbocycles. The number of anilines is 2. The maximum atomic E-state index is 13.1. The molecule has 1 aliphatic rings. The molecule has 0 aliphatic carbocycles. The molecule has 166 valence electrons. The fourth-order valence-electron chi connectivity index (χ4n) is 3.74. The molecule has 1 fully saturated rings. The molecule has 2 aromatic heterocycles. The number of imidazole rings is 1. The van der Waals surface area contributed by atoms with Gasteiger partial charge in [0.2, 0.25) is 0 Å². The number of hydrogen-bond acceptors (Lipinski definition) is 5. The summed E-state index contributed by atoms with van der Waals surface area (Å²) in [5, 5.41) is 0. The average molecular weight is 441 g/mol. The van der Waals surface area contributed by atoms with Crippen molar-refractivity contribution in [2.75, 3.05) is 31.6 Å². The molecule has 0 unspecified atom stereocenters. The number of likely N-dealkylation sites (tertiary alicyclic amines) is 1. The maximum Gasteiger partial charge on any atom is 0.401 e. The summed E-state index contributed by atoms with van der Waals surface area (Å²) < 4.78 is 70.2. The van der Waals surface area contributed by atoms with Gasteiger partial charge in [0, 0.05) is 39.2 Å². The molecule has 0 radical (unpaired) electrons. The summed E-state index contributed by atoms with van der Waals surface area (Å²) in [6, 6.07) is 6.59. The fourth-order valence-corrected chi connectivity index (χ4v) is 3.74. The zero-order valence-electron chi connectivity index (χ0n) is 16.8. The summed E-state index contributed by atoms with van der Waals surface area (Å²) in [6.45, 7) is -3.60. The Morgan fingerprint density at radius 1 is 1.19 bits per heavy atom. The summed E-state index contributed by atoms with van der Waals surface area (Å²) in [7, 11) is 3.51. The number of aromatic nitrogens is 3. The van der Waals surface area contributed by atoms with Crippen LogP contribution in [-0.4, -0.2) is 58.9 Å². The molecule has 3 aromatic rings. The third-order valence-electron chi connectivity index (χ3n) is 5.33. The van der Waals surface area contributed by atoms with Crippen LogP contribution >= 0.6 is 0 Å². The monoisotopic (exact) mass is 441 g/mol. The molecule has 0 N–H and O–H groups in total. The van der Waals surface area contributed by atoms with E-state index in [1.807, 2.05) is 11.6 Å². The van der Waals surface area contributed by atoms with E-state index >= 15 is 0 Å². The van der Waals surface area contributed by atoms with Gasteiger partial charge in [-0.15, -0.1) is 0 Å². The van der Waals surface area contributed by atoms with Crippen molar-refractivity contribution in [3.63, 3.8) is 0 Å². The van der Waals surface area contributed by atoms with Gasteiger partial charge >= 0.3 is 12.8 Å². The van der Waals surface area contributed by atoms with E-state index < -0.39 is 19.3 Å². The lowest BCUT2D eigenvalue weighted by Crippen LogP contribution is -2.49. The van der Waals surface area contributed by atoms with Crippen LogP contribution in [0.1, 0.15) is 11.5 Å². The minimum atomic E-state index is -4.26. The number of rotatable bonds is 6. The van der Waals surface area contributed by atoms with Gasteiger partial charge in [-0.3, -0.25) is 4.90 Å². The first-order valence-corrected chi connectivity index (χ1v) is 9.49. The standard InChI is InChI=1S/C20H20F5N5O/c1-28-11-27-14-7-26-18(6-16(14)28)29(2)15-4-3-12(5-17(15)31-19(21)22)13-8-30(9-13)10-20(23,24)25/h3-7,11,13,19H,8-10H2,1-2H3. The Labute approximate surface area is 174 Å². The Hall–Kier alpha value is -2.95. The second-order valence-electron chi connectivity index (χ2n) is 7.56. The van der Waals surface area contributed by atoms with E-state index in [1.54, 1.807) is 42.7 Å². The Kier molecular flexibility index (Phi) is 5.46. The van der Waals surface area contributed by atoms with Gasteiger partial charge < -0.3 is 14.2 Å². The van der Waals surface area contributed by atoms with Crippen LogP contribution in [0.4, 0.5) is 33.5 Å².